The average molecular weight is 418 g/mol. The second kappa shape index (κ2) is 8.43. The van der Waals surface area contributed by atoms with E-state index in [0.29, 0.717) is 49.5 Å². The molecule has 1 N–H and O–H groups in total. The van der Waals surface area contributed by atoms with Gasteiger partial charge in [-0.3, -0.25) is 9.59 Å². The Morgan fingerprint density at radius 2 is 1.93 bits per heavy atom. The molecule has 3 aliphatic heterocycles. The summed E-state index contributed by atoms with van der Waals surface area (Å²) in [5.41, 5.74) is -0.0495. The van der Waals surface area contributed by atoms with Crippen LogP contribution in [0.4, 0.5) is 0 Å². The summed E-state index contributed by atoms with van der Waals surface area (Å²) in [5.74, 6) is 0.908. The molecule has 1 spiro atoms. The van der Waals surface area contributed by atoms with Gasteiger partial charge in [0.2, 0.25) is 5.91 Å². The molecular formula is C22H31N3O5. The summed E-state index contributed by atoms with van der Waals surface area (Å²) in [7, 11) is 3.67. The van der Waals surface area contributed by atoms with Crippen LogP contribution >= 0.6 is 0 Å². The normalized spacial score (nSPS) is 22.4. The summed E-state index contributed by atoms with van der Waals surface area (Å²) < 4.78 is 11.8. The van der Waals surface area contributed by atoms with Crippen molar-refractivity contribution in [2.24, 2.45) is 0 Å². The SMILES string of the molecule is COc1ccc2c(c1)OC1(CCN(C)CC1)CN(CC(=O)N1CCC(O)CC1)C2=O. The Morgan fingerprint density at radius 3 is 2.60 bits per heavy atom. The van der Waals surface area contributed by atoms with Gasteiger partial charge in [0.25, 0.3) is 5.91 Å². The first kappa shape index (κ1) is 20.9. The van der Waals surface area contributed by atoms with E-state index in [1.807, 2.05) is 0 Å². The Morgan fingerprint density at radius 1 is 1.23 bits per heavy atom. The molecule has 2 fully saturated rings. The molecule has 4 rings (SSSR count). The summed E-state index contributed by atoms with van der Waals surface area (Å²) in [6.45, 7) is 3.23. The third kappa shape index (κ3) is 4.25. The first-order chi connectivity index (χ1) is 14.4. The van der Waals surface area contributed by atoms with Gasteiger partial charge >= 0.3 is 0 Å². The van der Waals surface area contributed by atoms with Gasteiger partial charge in [-0.25, -0.2) is 0 Å². The number of rotatable bonds is 3. The lowest BCUT2D eigenvalue weighted by Crippen LogP contribution is -2.55. The molecule has 164 valence electrons. The largest absolute Gasteiger partial charge is 0.497 e. The van der Waals surface area contributed by atoms with Crippen molar-refractivity contribution in [3.05, 3.63) is 23.8 Å². The van der Waals surface area contributed by atoms with E-state index >= 15 is 0 Å². The van der Waals surface area contributed by atoms with E-state index in [1.165, 1.54) is 0 Å². The van der Waals surface area contributed by atoms with E-state index in [9.17, 15) is 14.7 Å². The number of aliphatic hydroxyl groups is 1. The van der Waals surface area contributed by atoms with Gasteiger partial charge in [0.15, 0.2) is 0 Å². The van der Waals surface area contributed by atoms with Crippen LogP contribution in [0.15, 0.2) is 18.2 Å². The number of carbonyl (C=O) groups excluding carboxylic acids is 2. The van der Waals surface area contributed by atoms with Crippen LogP contribution in [0.5, 0.6) is 11.5 Å². The van der Waals surface area contributed by atoms with Crippen LogP contribution in [0.2, 0.25) is 0 Å². The highest BCUT2D eigenvalue weighted by atomic mass is 16.5. The quantitative estimate of drug-likeness (QED) is 0.790. The van der Waals surface area contributed by atoms with Crippen LogP contribution in [-0.2, 0) is 4.79 Å². The zero-order chi connectivity index (χ0) is 21.3. The second-order valence-electron chi connectivity index (χ2n) is 8.72. The Labute approximate surface area is 177 Å². The standard InChI is InChI=1S/C22H31N3O5/c1-23-11-7-22(8-12-23)15-25(14-20(27)24-9-5-16(26)6-10-24)21(28)18-4-3-17(29-2)13-19(18)30-22/h3-4,13,16,26H,5-12,14-15H2,1-2H3. The Kier molecular flexibility index (Phi) is 5.88. The molecule has 0 bridgehead atoms. The molecule has 0 aromatic heterocycles. The molecule has 0 atom stereocenters. The van der Waals surface area contributed by atoms with Crippen LogP contribution in [0, 0.1) is 0 Å². The minimum atomic E-state index is -0.516. The number of fused-ring (bicyclic) bond motifs is 1. The van der Waals surface area contributed by atoms with E-state index in [2.05, 4.69) is 11.9 Å². The molecule has 0 unspecified atom stereocenters. The average Bonchev–Trinajstić information content (AvgIpc) is 2.85. The van der Waals surface area contributed by atoms with Crippen LogP contribution in [0.1, 0.15) is 36.0 Å². The molecule has 0 saturated carbocycles. The Balaban J connectivity index is 1.60. The zero-order valence-electron chi connectivity index (χ0n) is 17.8. The van der Waals surface area contributed by atoms with E-state index in [-0.39, 0.29) is 24.5 Å². The lowest BCUT2D eigenvalue weighted by atomic mass is 9.90. The lowest BCUT2D eigenvalue weighted by Gasteiger charge is -2.42. The molecule has 3 heterocycles. The molecule has 0 radical (unpaired) electrons. The maximum atomic E-state index is 13.4. The van der Waals surface area contributed by atoms with Crippen molar-refractivity contribution in [3.63, 3.8) is 0 Å². The minimum Gasteiger partial charge on any atom is -0.497 e. The Hall–Kier alpha value is -2.32. The van der Waals surface area contributed by atoms with E-state index in [4.69, 9.17) is 9.47 Å². The number of hydrogen-bond donors (Lipinski definition) is 1. The van der Waals surface area contributed by atoms with Crippen LogP contribution in [0.3, 0.4) is 0 Å². The first-order valence-electron chi connectivity index (χ1n) is 10.7. The van der Waals surface area contributed by atoms with Crippen molar-refractivity contribution in [2.75, 3.05) is 53.4 Å². The van der Waals surface area contributed by atoms with Gasteiger partial charge in [0.05, 0.1) is 25.3 Å². The summed E-state index contributed by atoms with van der Waals surface area (Å²) in [6, 6.07) is 5.24. The third-order valence-electron chi connectivity index (χ3n) is 6.55. The summed E-state index contributed by atoms with van der Waals surface area (Å²) in [6.07, 6.45) is 2.40. The highest BCUT2D eigenvalue weighted by Crippen LogP contribution is 2.37. The van der Waals surface area contributed by atoms with Gasteiger partial charge in [-0.1, -0.05) is 0 Å². The van der Waals surface area contributed by atoms with Gasteiger partial charge in [-0.15, -0.1) is 0 Å². The number of hydrogen-bond acceptors (Lipinski definition) is 6. The number of methoxy groups -OCH3 is 1. The van der Waals surface area contributed by atoms with Gasteiger partial charge in [0.1, 0.15) is 23.6 Å². The number of aliphatic hydroxyl groups excluding tert-OH is 1. The van der Waals surface area contributed by atoms with Crippen molar-refractivity contribution >= 4 is 11.8 Å². The molecule has 8 nitrogen and oxygen atoms in total. The second-order valence-corrected chi connectivity index (χ2v) is 8.72. The molecular weight excluding hydrogens is 386 g/mol. The smallest absolute Gasteiger partial charge is 0.258 e. The number of piperidine rings is 2. The molecule has 2 amide bonds. The number of carbonyl (C=O) groups is 2. The summed E-state index contributed by atoms with van der Waals surface area (Å²) >= 11 is 0. The third-order valence-corrected chi connectivity index (χ3v) is 6.55. The van der Waals surface area contributed by atoms with Gasteiger partial charge in [0, 0.05) is 45.1 Å². The number of ether oxygens (including phenoxy) is 2. The molecule has 1 aromatic carbocycles. The predicted octanol–water partition coefficient (Wildman–Crippen LogP) is 0.977. The van der Waals surface area contributed by atoms with Crippen LogP contribution < -0.4 is 9.47 Å². The lowest BCUT2D eigenvalue weighted by molar-refractivity contribution is -0.134. The molecule has 8 heteroatoms. The maximum absolute atomic E-state index is 13.4. The zero-order valence-corrected chi connectivity index (χ0v) is 17.8. The number of benzene rings is 1. The fraction of sp³-hybridized carbons (Fsp3) is 0.636. The molecule has 30 heavy (non-hydrogen) atoms. The van der Waals surface area contributed by atoms with Crippen molar-refractivity contribution in [3.8, 4) is 11.5 Å². The van der Waals surface area contributed by atoms with Gasteiger partial charge in [-0.2, -0.15) is 0 Å². The maximum Gasteiger partial charge on any atom is 0.258 e. The minimum absolute atomic E-state index is 0.0291. The van der Waals surface area contributed by atoms with E-state index in [1.54, 1.807) is 35.1 Å². The van der Waals surface area contributed by atoms with E-state index < -0.39 is 5.60 Å². The fourth-order valence-electron chi connectivity index (χ4n) is 4.54. The molecule has 2 saturated heterocycles. The fourth-order valence-corrected chi connectivity index (χ4v) is 4.54. The predicted molar refractivity (Wildman–Crippen MR) is 111 cm³/mol. The van der Waals surface area contributed by atoms with Gasteiger partial charge < -0.3 is 29.3 Å². The highest BCUT2D eigenvalue weighted by molar-refractivity contribution is 5.99. The number of nitrogens with zero attached hydrogens (tertiary/aromatic N) is 3. The van der Waals surface area contributed by atoms with Crippen LogP contribution in [-0.4, -0.2) is 96.8 Å². The molecule has 0 aliphatic carbocycles. The summed E-state index contributed by atoms with van der Waals surface area (Å²) in [4.78, 5) is 32.0. The topological polar surface area (TPSA) is 82.6 Å². The monoisotopic (exact) mass is 417 g/mol. The van der Waals surface area contributed by atoms with Crippen molar-refractivity contribution in [1.29, 1.82) is 0 Å². The van der Waals surface area contributed by atoms with Crippen molar-refractivity contribution in [1.82, 2.24) is 14.7 Å². The highest BCUT2D eigenvalue weighted by Gasteiger charge is 2.43. The number of amides is 2. The Bertz CT molecular complexity index is 798. The summed E-state index contributed by atoms with van der Waals surface area (Å²) in [5, 5.41) is 9.72. The first-order valence-corrected chi connectivity index (χ1v) is 10.7. The number of likely N-dealkylation sites (tertiary alicyclic amines) is 2. The van der Waals surface area contributed by atoms with Crippen LogP contribution in [0.25, 0.3) is 0 Å². The van der Waals surface area contributed by atoms with Gasteiger partial charge in [-0.05, 0) is 32.0 Å². The van der Waals surface area contributed by atoms with E-state index in [0.717, 1.165) is 25.9 Å². The molecule has 3 aliphatic rings. The van der Waals surface area contributed by atoms with Crippen molar-refractivity contribution in [2.45, 2.75) is 37.4 Å². The van der Waals surface area contributed by atoms with Crippen molar-refractivity contribution < 1.29 is 24.2 Å². The molecule has 1 aromatic rings.